The zero-order valence-corrected chi connectivity index (χ0v) is 11.4. The molecule has 2 aromatic heterocycles. The van der Waals surface area contributed by atoms with E-state index in [1.807, 2.05) is 19.1 Å². The van der Waals surface area contributed by atoms with E-state index in [1.165, 1.54) is 0 Å². The van der Waals surface area contributed by atoms with Crippen molar-refractivity contribution in [1.29, 1.82) is 0 Å². The minimum absolute atomic E-state index is 0.0836. The molecule has 0 radical (unpaired) electrons. The number of fused-ring (bicyclic) bond motifs is 1. The molecule has 1 fully saturated rings. The van der Waals surface area contributed by atoms with E-state index in [2.05, 4.69) is 21.5 Å². The zero-order chi connectivity index (χ0) is 12.8. The quantitative estimate of drug-likeness (QED) is 0.784. The first-order valence-electron chi connectivity index (χ1n) is 6.13. The predicted octanol–water partition coefficient (Wildman–Crippen LogP) is 2.61. The summed E-state index contributed by atoms with van der Waals surface area (Å²) in [5.74, 6) is 1.27. The SMILES string of the molecule is Cc1ccc2nc(CCl)n(C3(C)CCOC3)c2n1. The van der Waals surface area contributed by atoms with Crippen molar-refractivity contribution in [3.05, 3.63) is 23.7 Å². The fraction of sp³-hybridized carbons (Fsp3) is 0.538. The number of nitrogens with zero attached hydrogens (tertiary/aromatic N) is 3. The number of hydrogen-bond acceptors (Lipinski definition) is 3. The van der Waals surface area contributed by atoms with Gasteiger partial charge in [0.25, 0.3) is 0 Å². The van der Waals surface area contributed by atoms with Crippen molar-refractivity contribution in [2.24, 2.45) is 0 Å². The van der Waals surface area contributed by atoms with Crippen LogP contribution < -0.4 is 0 Å². The number of aromatic nitrogens is 3. The van der Waals surface area contributed by atoms with Crippen LogP contribution in [0.2, 0.25) is 0 Å². The van der Waals surface area contributed by atoms with Gasteiger partial charge in [0.05, 0.1) is 18.0 Å². The van der Waals surface area contributed by atoms with Gasteiger partial charge in [-0.3, -0.25) is 0 Å². The summed E-state index contributed by atoms with van der Waals surface area (Å²) >= 11 is 6.03. The van der Waals surface area contributed by atoms with Gasteiger partial charge >= 0.3 is 0 Å². The minimum atomic E-state index is -0.0836. The Bertz CT molecular complexity index is 587. The molecule has 0 bridgehead atoms. The third-order valence-electron chi connectivity index (χ3n) is 3.57. The smallest absolute Gasteiger partial charge is 0.160 e. The lowest BCUT2D eigenvalue weighted by Crippen LogP contribution is -2.32. The first-order chi connectivity index (χ1) is 8.64. The fourth-order valence-electron chi connectivity index (χ4n) is 2.59. The molecule has 3 rings (SSSR count). The van der Waals surface area contributed by atoms with Crippen LogP contribution in [0, 0.1) is 6.92 Å². The number of pyridine rings is 1. The van der Waals surface area contributed by atoms with Crippen molar-refractivity contribution < 1.29 is 4.74 Å². The third-order valence-corrected chi connectivity index (χ3v) is 3.81. The Hall–Kier alpha value is -1.13. The standard InChI is InChI=1S/C13H16ClN3O/c1-9-3-4-10-12(15-9)17(11(7-14)16-10)13(2)5-6-18-8-13/h3-4H,5-8H2,1-2H3. The first kappa shape index (κ1) is 11.9. The third kappa shape index (κ3) is 1.71. The molecule has 1 unspecified atom stereocenters. The van der Waals surface area contributed by atoms with E-state index in [4.69, 9.17) is 16.3 Å². The van der Waals surface area contributed by atoms with E-state index < -0.39 is 0 Å². The van der Waals surface area contributed by atoms with Crippen LogP contribution in [-0.4, -0.2) is 27.7 Å². The van der Waals surface area contributed by atoms with Gasteiger partial charge < -0.3 is 9.30 Å². The average Bonchev–Trinajstić information content (AvgIpc) is 2.92. The van der Waals surface area contributed by atoms with E-state index in [-0.39, 0.29) is 5.54 Å². The molecule has 4 nitrogen and oxygen atoms in total. The van der Waals surface area contributed by atoms with Crippen LogP contribution in [0.4, 0.5) is 0 Å². The van der Waals surface area contributed by atoms with Crippen LogP contribution in [-0.2, 0) is 16.2 Å². The van der Waals surface area contributed by atoms with Crippen LogP contribution in [0.15, 0.2) is 12.1 Å². The van der Waals surface area contributed by atoms with Crippen LogP contribution in [0.1, 0.15) is 24.9 Å². The lowest BCUT2D eigenvalue weighted by atomic mass is 10.0. The topological polar surface area (TPSA) is 39.9 Å². The van der Waals surface area contributed by atoms with Crippen molar-refractivity contribution >= 4 is 22.8 Å². The second kappa shape index (κ2) is 4.21. The maximum Gasteiger partial charge on any atom is 0.160 e. The normalized spacial score (nSPS) is 23.9. The van der Waals surface area contributed by atoms with Crippen molar-refractivity contribution in [2.75, 3.05) is 13.2 Å². The molecule has 18 heavy (non-hydrogen) atoms. The fourth-order valence-corrected chi connectivity index (χ4v) is 2.77. The molecule has 0 aromatic carbocycles. The van der Waals surface area contributed by atoms with E-state index in [0.29, 0.717) is 12.5 Å². The van der Waals surface area contributed by atoms with Gasteiger partial charge in [0.2, 0.25) is 0 Å². The number of alkyl halides is 1. The van der Waals surface area contributed by atoms with Gasteiger partial charge in [-0.1, -0.05) is 0 Å². The highest BCUT2D eigenvalue weighted by Crippen LogP contribution is 2.32. The molecule has 0 aliphatic carbocycles. The number of imidazole rings is 1. The summed E-state index contributed by atoms with van der Waals surface area (Å²) in [7, 11) is 0. The number of aryl methyl sites for hydroxylation is 1. The molecule has 96 valence electrons. The van der Waals surface area contributed by atoms with Gasteiger partial charge in [0, 0.05) is 12.3 Å². The molecule has 0 amide bonds. The molecule has 1 aliphatic heterocycles. The molecule has 5 heteroatoms. The summed E-state index contributed by atoms with van der Waals surface area (Å²) in [6, 6.07) is 3.98. The summed E-state index contributed by atoms with van der Waals surface area (Å²) in [6.45, 7) is 5.65. The number of halogens is 1. The van der Waals surface area contributed by atoms with Crippen LogP contribution in [0.3, 0.4) is 0 Å². The summed E-state index contributed by atoms with van der Waals surface area (Å²) < 4.78 is 7.71. The van der Waals surface area contributed by atoms with Crippen LogP contribution in [0.25, 0.3) is 11.2 Å². The summed E-state index contributed by atoms with van der Waals surface area (Å²) in [6.07, 6.45) is 0.970. The molecule has 0 saturated carbocycles. The second-order valence-electron chi connectivity index (χ2n) is 5.09. The highest BCUT2D eigenvalue weighted by molar-refractivity contribution is 6.16. The van der Waals surface area contributed by atoms with Gasteiger partial charge in [-0.15, -0.1) is 11.6 Å². The van der Waals surface area contributed by atoms with Crippen molar-refractivity contribution in [3.8, 4) is 0 Å². The van der Waals surface area contributed by atoms with Gasteiger partial charge in [-0.25, -0.2) is 9.97 Å². The number of rotatable bonds is 2. The summed E-state index contributed by atoms with van der Waals surface area (Å²) in [4.78, 5) is 9.20. The van der Waals surface area contributed by atoms with E-state index in [1.54, 1.807) is 0 Å². The minimum Gasteiger partial charge on any atom is -0.379 e. The Balaban J connectivity index is 2.27. The Morgan fingerprint density at radius 1 is 1.44 bits per heavy atom. The number of hydrogen-bond donors (Lipinski definition) is 0. The first-order valence-corrected chi connectivity index (χ1v) is 6.67. The van der Waals surface area contributed by atoms with E-state index in [9.17, 15) is 0 Å². The molecule has 3 heterocycles. The summed E-state index contributed by atoms with van der Waals surface area (Å²) in [5.41, 5.74) is 2.73. The predicted molar refractivity (Wildman–Crippen MR) is 70.9 cm³/mol. The maximum absolute atomic E-state index is 6.03. The Morgan fingerprint density at radius 3 is 2.94 bits per heavy atom. The Labute approximate surface area is 111 Å². The zero-order valence-electron chi connectivity index (χ0n) is 10.6. The van der Waals surface area contributed by atoms with Crippen LogP contribution in [0.5, 0.6) is 0 Å². The van der Waals surface area contributed by atoms with Gasteiger partial charge in [-0.05, 0) is 32.4 Å². The van der Waals surface area contributed by atoms with Crippen molar-refractivity contribution in [3.63, 3.8) is 0 Å². The molecule has 1 aliphatic rings. The lowest BCUT2D eigenvalue weighted by Gasteiger charge is -2.26. The molecular weight excluding hydrogens is 250 g/mol. The van der Waals surface area contributed by atoms with Gasteiger partial charge in [0.15, 0.2) is 5.65 Å². The second-order valence-corrected chi connectivity index (χ2v) is 5.36. The van der Waals surface area contributed by atoms with Crippen molar-refractivity contribution in [1.82, 2.24) is 14.5 Å². The molecule has 1 saturated heterocycles. The number of ether oxygens (including phenoxy) is 1. The lowest BCUT2D eigenvalue weighted by molar-refractivity contribution is 0.162. The molecule has 0 N–H and O–H groups in total. The maximum atomic E-state index is 6.03. The summed E-state index contributed by atoms with van der Waals surface area (Å²) in [5, 5.41) is 0. The van der Waals surface area contributed by atoms with Crippen LogP contribution >= 0.6 is 11.6 Å². The largest absolute Gasteiger partial charge is 0.379 e. The average molecular weight is 266 g/mol. The van der Waals surface area contributed by atoms with E-state index >= 15 is 0 Å². The Morgan fingerprint density at radius 2 is 2.28 bits per heavy atom. The molecule has 2 aromatic rings. The monoisotopic (exact) mass is 265 g/mol. The van der Waals surface area contributed by atoms with Gasteiger partial charge in [-0.2, -0.15) is 0 Å². The van der Waals surface area contributed by atoms with E-state index in [0.717, 1.165) is 35.7 Å². The molecular formula is C13H16ClN3O. The highest BCUT2D eigenvalue weighted by Gasteiger charge is 2.35. The van der Waals surface area contributed by atoms with Crippen molar-refractivity contribution in [2.45, 2.75) is 31.7 Å². The highest BCUT2D eigenvalue weighted by atomic mass is 35.5. The van der Waals surface area contributed by atoms with Gasteiger partial charge in [0.1, 0.15) is 11.3 Å². The molecule has 1 atom stereocenters. The Kier molecular flexibility index (Phi) is 2.79. The molecule has 0 spiro atoms.